The molecule has 22 heavy (non-hydrogen) atoms. The fraction of sp³-hybridized carbons (Fsp3) is 0.286. The molecule has 1 unspecified atom stereocenters. The van der Waals surface area contributed by atoms with Gasteiger partial charge in [0.2, 0.25) is 11.8 Å². The van der Waals surface area contributed by atoms with Crippen LogP contribution < -0.4 is 0 Å². The lowest BCUT2D eigenvalue weighted by Gasteiger charge is -2.07. The first kappa shape index (κ1) is 14.7. The summed E-state index contributed by atoms with van der Waals surface area (Å²) in [7, 11) is 0. The van der Waals surface area contributed by atoms with Crippen LogP contribution in [0.15, 0.2) is 33.3 Å². The quantitative estimate of drug-likeness (QED) is 0.770. The number of aromatic nitrogens is 4. The molecule has 0 spiro atoms. The topological polar surface area (TPSA) is 98.1 Å². The highest BCUT2D eigenvalue weighted by Gasteiger charge is 2.15. The lowest BCUT2D eigenvalue weighted by Crippen LogP contribution is -2.02. The Morgan fingerprint density at radius 3 is 2.45 bits per heavy atom. The van der Waals surface area contributed by atoms with Crippen molar-refractivity contribution in [3.8, 4) is 0 Å². The van der Waals surface area contributed by atoms with Crippen molar-refractivity contribution in [1.82, 2.24) is 20.3 Å². The maximum Gasteiger partial charge on any atom is 0.229 e. The van der Waals surface area contributed by atoms with Crippen LogP contribution in [0.2, 0.25) is 5.02 Å². The minimum absolute atomic E-state index is 0.222. The molecule has 1 N–H and O–H groups in total. The van der Waals surface area contributed by atoms with Gasteiger partial charge in [0.15, 0.2) is 11.6 Å². The summed E-state index contributed by atoms with van der Waals surface area (Å²) in [5, 5.41) is 18.4. The van der Waals surface area contributed by atoms with Gasteiger partial charge in [-0.3, -0.25) is 0 Å². The van der Waals surface area contributed by atoms with Gasteiger partial charge >= 0.3 is 0 Å². The number of hydrogen-bond acceptors (Lipinski definition) is 7. The Morgan fingerprint density at radius 1 is 1.09 bits per heavy atom. The van der Waals surface area contributed by atoms with Crippen LogP contribution in [0.3, 0.4) is 0 Å². The highest BCUT2D eigenvalue weighted by atomic mass is 35.5. The Balaban J connectivity index is 1.64. The summed E-state index contributed by atoms with van der Waals surface area (Å²) < 4.78 is 10.0. The summed E-state index contributed by atoms with van der Waals surface area (Å²) in [6, 6.07) is 6.95. The monoisotopic (exact) mass is 320 g/mol. The van der Waals surface area contributed by atoms with Gasteiger partial charge in [-0.2, -0.15) is 9.97 Å². The van der Waals surface area contributed by atoms with Gasteiger partial charge in [-0.25, -0.2) is 0 Å². The molecule has 114 valence electrons. The van der Waals surface area contributed by atoms with Crippen LogP contribution in [0.4, 0.5) is 0 Å². The molecule has 0 aliphatic heterocycles. The Bertz CT molecular complexity index is 754. The predicted octanol–water partition coefficient (Wildman–Crippen LogP) is 2.28. The van der Waals surface area contributed by atoms with E-state index in [9.17, 15) is 5.11 Å². The van der Waals surface area contributed by atoms with Crippen molar-refractivity contribution in [2.24, 2.45) is 0 Å². The number of halogens is 1. The molecule has 2 heterocycles. The maximum absolute atomic E-state index is 10.2. The third-order valence-corrected chi connectivity index (χ3v) is 3.27. The zero-order valence-corrected chi connectivity index (χ0v) is 12.5. The van der Waals surface area contributed by atoms with Crippen LogP contribution in [0.1, 0.15) is 35.1 Å². The first-order chi connectivity index (χ1) is 10.6. The number of hydrogen-bond donors (Lipinski definition) is 1. The van der Waals surface area contributed by atoms with E-state index in [-0.39, 0.29) is 6.42 Å². The Labute approximate surface area is 130 Å². The SMILES string of the molecule is Cc1nc(Cc2noc(CC(O)c3ccc(Cl)cc3)n2)no1. The zero-order chi connectivity index (χ0) is 15.5. The van der Waals surface area contributed by atoms with E-state index < -0.39 is 6.10 Å². The largest absolute Gasteiger partial charge is 0.388 e. The molecule has 0 saturated carbocycles. The fourth-order valence-corrected chi connectivity index (χ4v) is 2.09. The number of aliphatic hydroxyl groups is 1. The smallest absolute Gasteiger partial charge is 0.229 e. The molecule has 8 heteroatoms. The minimum Gasteiger partial charge on any atom is -0.388 e. The van der Waals surface area contributed by atoms with Gasteiger partial charge in [-0.1, -0.05) is 34.0 Å². The molecule has 0 aliphatic carbocycles. The molecule has 0 amide bonds. The van der Waals surface area contributed by atoms with E-state index in [2.05, 4.69) is 20.3 Å². The molecule has 0 aliphatic rings. The summed E-state index contributed by atoms with van der Waals surface area (Å²) in [6.07, 6.45) is -0.199. The van der Waals surface area contributed by atoms with Gasteiger partial charge in [0.25, 0.3) is 0 Å². The normalized spacial score (nSPS) is 12.5. The molecule has 1 aromatic carbocycles. The van der Waals surface area contributed by atoms with Crippen LogP contribution >= 0.6 is 11.6 Å². The maximum atomic E-state index is 10.2. The Morgan fingerprint density at radius 2 is 1.77 bits per heavy atom. The molecular weight excluding hydrogens is 308 g/mol. The van der Waals surface area contributed by atoms with Crippen molar-refractivity contribution >= 4 is 11.6 Å². The second-order valence-electron chi connectivity index (χ2n) is 4.78. The molecule has 3 rings (SSSR count). The van der Waals surface area contributed by atoms with Gasteiger partial charge in [-0.05, 0) is 17.7 Å². The average Bonchev–Trinajstić information content (AvgIpc) is 3.09. The van der Waals surface area contributed by atoms with Gasteiger partial charge in [0, 0.05) is 11.9 Å². The van der Waals surface area contributed by atoms with Gasteiger partial charge in [0.05, 0.1) is 18.9 Å². The molecule has 0 bridgehead atoms. The first-order valence-electron chi connectivity index (χ1n) is 6.64. The van der Waals surface area contributed by atoms with E-state index in [4.69, 9.17) is 20.6 Å². The Kier molecular flexibility index (Phi) is 4.17. The molecular formula is C14H13ClN4O3. The molecule has 2 aromatic heterocycles. The molecule has 7 nitrogen and oxygen atoms in total. The van der Waals surface area contributed by atoms with Crippen LogP contribution in [0.25, 0.3) is 0 Å². The third kappa shape index (κ3) is 3.49. The van der Waals surface area contributed by atoms with Crippen LogP contribution in [-0.2, 0) is 12.8 Å². The first-order valence-corrected chi connectivity index (χ1v) is 7.02. The summed E-state index contributed by atoms with van der Waals surface area (Å²) in [6.45, 7) is 1.71. The summed E-state index contributed by atoms with van der Waals surface area (Å²) in [5.74, 6) is 1.76. The number of rotatable bonds is 5. The number of nitrogens with zero attached hydrogens (tertiary/aromatic N) is 4. The molecule has 1 atom stereocenters. The Hall–Kier alpha value is -2.25. The molecule has 0 fully saturated rings. The molecule has 3 aromatic rings. The lowest BCUT2D eigenvalue weighted by atomic mass is 10.1. The van der Waals surface area contributed by atoms with Crippen LogP contribution in [0.5, 0.6) is 0 Å². The highest BCUT2D eigenvalue weighted by Crippen LogP contribution is 2.19. The number of aliphatic hydroxyl groups excluding tert-OH is 1. The van der Waals surface area contributed by atoms with Crippen molar-refractivity contribution in [3.63, 3.8) is 0 Å². The van der Waals surface area contributed by atoms with Crippen molar-refractivity contribution < 1.29 is 14.2 Å². The van der Waals surface area contributed by atoms with E-state index in [0.717, 1.165) is 5.56 Å². The van der Waals surface area contributed by atoms with Crippen molar-refractivity contribution in [2.75, 3.05) is 0 Å². The van der Waals surface area contributed by atoms with E-state index >= 15 is 0 Å². The van der Waals surface area contributed by atoms with Crippen molar-refractivity contribution in [2.45, 2.75) is 25.9 Å². The van der Waals surface area contributed by atoms with Crippen LogP contribution in [-0.4, -0.2) is 25.4 Å². The molecule has 0 saturated heterocycles. The van der Waals surface area contributed by atoms with Crippen molar-refractivity contribution in [3.05, 3.63) is 58.3 Å². The standard InChI is InChI=1S/C14H13ClN4O3/c1-8-16-12(18-21-8)7-13-17-14(22-19-13)6-11(20)9-2-4-10(15)5-3-9/h2-5,11,20H,6-7H2,1H3. The highest BCUT2D eigenvalue weighted by molar-refractivity contribution is 6.30. The number of aryl methyl sites for hydroxylation is 1. The minimum atomic E-state index is -0.738. The summed E-state index contributed by atoms with van der Waals surface area (Å²) in [5.41, 5.74) is 0.734. The second kappa shape index (κ2) is 6.25. The van der Waals surface area contributed by atoms with Gasteiger partial charge in [0.1, 0.15) is 0 Å². The van der Waals surface area contributed by atoms with E-state index in [1.54, 1.807) is 31.2 Å². The average molecular weight is 321 g/mol. The zero-order valence-electron chi connectivity index (χ0n) is 11.7. The fourth-order valence-electron chi connectivity index (χ4n) is 1.97. The van der Waals surface area contributed by atoms with Gasteiger partial charge in [-0.15, -0.1) is 0 Å². The summed E-state index contributed by atoms with van der Waals surface area (Å²) >= 11 is 5.82. The van der Waals surface area contributed by atoms with Crippen molar-refractivity contribution in [1.29, 1.82) is 0 Å². The molecule has 0 radical (unpaired) electrons. The van der Waals surface area contributed by atoms with Crippen LogP contribution in [0, 0.1) is 6.92 Å². The van der Waals surface area contributed by atoms with E-state index in [0.29, 0.717) is 34.9 Å². The van der Waals surface area contributed by atoms with E-state index in [1.165, 1.54) is 0 Å². The lowest BCUT2D eigenvalue weighted by molar-refractivity contribution is 0.164. The second-order valence-corrected chi connectivity index (χ2v) is 5.22. The predicted molar refractivity (Wildman–Crippen MR) is 76.3 cm³/mol. The van der Waals surface area contributed by atoms with E-state index in [1.807, 2.05) is 0 Å². The van der Waals surface area contributed by atoms with Gasteiger partial charge < -0.3 is 14.2 Å². The third-order valence-electron chi connectivity index (χ3n) is 3.02. The number of benzene rings is 1. The summed E-state index contributed by atoms with van der Waals surface area (Å²) in [4.78, 5) is 8.28.